The highest BCUT2D eigenvalue weighted by atomic mass is 16.3. The van der Waals surface area contributed by atoms with E-state index in [1.807, 2.05) is 36.5 Å². The minimum absolute atomic E-state index is 0.0581. The van der Waals surface area contributed by atoms with Crippen LogP contribution in [0.4, 0.5) is 0 Å². The number of carbonyl (C=O) groups excluding carboxylic acids is 1. The number of aliphatic hydroxyl groups excluding tert-OH is 1. The van der Waals surface area contributed by atoms with Crippen molar-refractivity contribution in [2.24, 2.45) is 0 Å². The van der Waals surface area contributed by atoms with Crippen molar-refractivity contribution in [3.8, 4) is 5.69 Å². The molecule has 0 spiro atoms. The second-order valence-corrected chi connectivity index (χ2v) is 4.65. The molecule has 3 heteroatoms. The van der Waals surface area contributed by atoms with E-state index in [0.717, 1.165) is 35.3 Å². The highest BCUT2D eigenvalue weighted by molar-refractivity contribution is 5.98. The second-order valence-electron chi connectivity index (χ2n) is 4.65. The predicted molar refractivity (Wildman–Crippen MR) is 69.0 cm³/mol. The Kier molecular flexibility index (Phi) is 2.76. The maximum absolute atomic E-state index is 11.8. The molecule has 1 heterocycles. The summed E-state index contributed by atoms with van der Waals surface area (Å²) in [6.45, 7) is 0.0581. The van der Waals surface area contributed by atoms with Crippen LogP contribution >= 0.6 is 0 Å². The van der Waals surface area contributed by atoms with E-state index >= 15 is 0 Å². The molecule has 0 bridgehead atoms. The van der Waals surface area contributed by atoms with Gasteiger partial charge in [0.2, 0.25) is 0 Å². The zero-order chi connectivity index (χ0) is 12.5. The van der Waals surface area contributed by atoms with Gasteiger partial charge in [-0.2, -0.15) is 0 Å². The standard InChI is InChI=1S/C15H15NO2/c17-10-11-4-6-12(7-5-11)16-9-8-13-14(16)2-1-3-15(13)18/h4-9,17H,1-3,10H2. The lowest BCUT2D eigenvalue weighted by molar-refractivity contribution is 0.0972. The highest BCUT2D eigenvalue weighted by Crippen LogP contribution is 2.25. The van der Waals surface area contributed by atoms with Crippen molar-refractivity contribution in [1.82, 2.24) is 4.57 Å². The smallest absolute Gasteiger partial charge is 0.164 e. The second kappa shape index (κ2) is 4.42. The molecule has 3 nitrogen and oxygen atoms in total. The third-order valence-electron chi connectivity index (χ3n) is 3.51. The number of rotatable bonds is 2. The summed E-state index contributed by atoms with van der Waals surface area (Å²) in [5.41, 5.74) is 3.93. The van der Waals surface area contributed by atoms with Crippen LogP contribution in [0, 0.1) is 0 Å². The van der Waals surface area contributed by atoms with Gasteiger partial charge in [0.1, 0.15) is 0 Å². The van der Waals surface area contributed by atoms with E-state index in [4.69, 9.17) is 5.11 Å². The number of benzene rings is 1. The Bertz CT molecular complexity index is 581. The van der Waals surface area contributed by atoms with Crippen molar-refractivity contribution < 1.29 is 9.90 Å². The summed E-state index contributed by atoms with van der Waals surface area (Å²) in [5, 5.41) is 9.03. The van der Waals surface area contributed by atoms with Gasteiger partial charge >= 0.3 is 0 Å². The molecule has 3 rings (SSSR count). The van der Waals surface area contributed by atoms with Crippen LogP contribution in [0.2, 0.25) is 0 Å². The number of aromatic nitrogens is 1. The molecule has 2 aromatic rings. The molecule has 18 heavy (non-hydrogen) atoms. The van der Waals surface area contributed by atoms with Crippen LogP contribution in [0.3, 0.4) is 0 Å². The Hall–Kier alpha value is -1.87. The molecule has 1 aliphatic carbocycles. The Morgan fingerprint density at radius 3 is 2.61 bits per heavy atom. The number of hydrogen-bond donors (Lipinski definition) is 1. The molecule has 1 aromatic heterocycles. The first kappa shape index (κ1) is 11.2. The molecular formula is C15H15NO2. The van der Waals surface area contributed by atoms with E-state index in [1.54, 1.807) is 0 Å². The SMILES string of the molecule is O=C1CCCc2c1ccn2-c1ccc(CO)cc1. The molecule has 0 amide bonds. The van der Waals surface area contributed by atoms with Gasteiger partial charge in [-0.25, -0.2) is 0 Å². The topological polar surface area (TPSA) is 42.2 Å². The monoisotopic (exact) mass is 241 g/mol. The maximum atomic E-state index is 11.8. The first-order chi connectivity index (χ1) is 8.79. The van der Waals surface area contributed by atoms with E-state index in [0.29, 0.717) is 6.42 Å². The summed E-state index contributed by atoms with van der Waals surface area (Å²) in [7, 11) is 0. The van der Waals surface area contributed by atoms with Crippen molar-refractivity contribution >= 4 is 5.78 Å². The number of ketones is 1. The normalized spacial score (nSPS) is 14.6. The van der Waals surface area contributed by atoms with E-state index in [9.17, 15) is 4.79 Å². The van der Waals surface area contributed by atoms with Gasteiger partial charge in [0.05, 0.1) is 6.61 Å². The molecule has 0 aliphatic heterocycles. The number of nitrogens with zero attached hydrogens (tertiary/aromatic N) is 1. The summed E-state index contributed by atoms with van der Waals surface area (Å²) >= 11 is 0. The molecule has 0 fully saturated rings. The molecule has 0 radical (unpaired) electrons. The highest BCUT2D eigenvalue weighted by Gasteiger charge is 2.20. The number of fused-ring (bicyclic) bond motifs is 1. The summed E-state index contributed by atoms with van der Waals surface area (Å²) in [5.74, 6) is 0.252. The van der Waals surface area contributed by atoms with E-state index in [1.165, 1.54) is 0 Å². The minimum atomic E-state index is 0.0581. The van der Waals surface area contributed by atoms with Gasteiger partial charge in [0, 0.05) is 29.6 Å². The molecule has 1 aliphatic rings. The van der Waals surface area contributed by atoms with Crippen molar-refractivity contribution in [3.05, 3.63) is 53.3 Å². The van der Waals surface area contributed by atoms with Crippen LogP contribution in [-0.4, -0.2) is 15.5 Å². The van der Waals surface area contributed by atoms with E-state index in [-0.39, 0.29) is 12.4 Å². The van der Waals surface area contributed by atoms with Crippen molar-refractivity contribution in [2.75, 3.05) is 0 Å². The fourth-order valence-electron chi connectivity index (χ4n) is 2.53. The van der Waals surface area contributed by atoms with Gasteiger partial charge in [-0.15, -0.1) is 0 Å². The molecular weight excluding hydrogens is 226 g/mol. The van der Waals surface area contributed by atoms with Crippen LogP contribution in [0.15, 0.2) is 36.5 Å². The predicted octanol–water partition coefficient (Wildman–Crippen LogP) is 2.49. The Morgan fingerprint density at radius 2 is 1.89 bits per heavy atom. The van der Waals surface area contributed by atoms with Gasteiger partial charge in [-0.3, -0.25) is 4.79 Å². The number of Topliss-reactive ketones (excluding diaryl/α,β-unsaturated/α-hetero) is 1. The lowest BCUT2D eigenvalue weighted by Crippen LogP contribution is -2.12. The van der Waals surface area contributed by atoms with Gasteiger partial charge in [0.25, 0.3) is 0 Å². The Labute approximate surface area is 106 Å². The minimum Gasteiger partial charge on any atom is -0.392 e. The van der Waals surface area contributed by atoms with Crippen molar-refractivity contribution in [3.63, 3.8) is 0 Å². The van der Waals surface area contributed by atoms with Crippen molar-refractivity contribution in [2.45, 2.75) is 25.9 Å². The van der Waals surface area contributed by atoms with Crippen LogP contribution in [0.1, 0.15) is 34.5 Å². The zero-order valence-corrected chi connectivity index (χ0v) is 10.1. The quantitative estimate of drug-likeness (QED) is 0.877. The zero-order valence-electron chi connectivity index (χ0n) is 10.1. The summed E-state index contributed by atoms with van der Waals surface area (Å²) in [6.07, 6.45) is 4.52. The lowest BCUT2D eigenvalue weighted by atomic mass is 9.97. The van der Waals surface area contributed by atoms with Crippen LogP contribution in [0.25, 0.3) is 5.69 Å². The largest absolute Gasteiger partial charge is 0.392 e. The van der Waals surface area contributed by atoms with E-state index in [2.05, 4.69) is 4.57 Å². The Morgan fingerprint density at radius 1 is 1.11 bits per heavy atom. The molecule has 92 valence electrons. The maximum Gasteiger partial charge on any atom is 0.164 e. The first-order valence-corrected chi connectivity index (χ1v) is 6.23. The third kappa shape index (κ3) is 1.77. The molecule has 0 saturated carbocycles. The van der Waals surface area contributed by atoms with Crippen LogP contribution in [-0.2, 0) is 13.0 Å². The fraction of sp³-hybridized carbons (Fsp3) is 0.267. The summed E-state index contributed by atoms with van der Waals surface area (Å²) < 4.78 is 2.08. The third-order valence-corrected chi connectivity index (χ3v) is 3.51. The average Bonchev–Trinajstić information content (AvgIpc) is 2.84. The molecule has 1 N–H and O–H groups in total. The number of carbonyl (C=O) groups is 1. The van der Waals surface area contributed by atoms with Gasteiger partial charge < -0.3 is 9.67 Å². The average molecular weight is 241 g/mol. The summed E-state index contributed by atoms with van der Waals surface area (Å²) in [6, 6.07) is 9.69. The molecule has 0 unspecified atom stereocenters. The van der Waals surface area contributed by atoms with E-state index < -0.39 is 0 Å². The lowest BCUT2D eigenvalue weighted by Gasteiger charge is -2.15. The van der Waals surface area contributed by atoms with Crippen LogP contribution in [0.5, 0.6) is 0 Å². The van der Waals surface area contributed by atoms with Gasteiger partial charge in [0.15, 0.2) is 5.78 Å². The fourth-order valence-corrected chi connectivity index (χ4v) is 2.53. The number of hydrogen-bond acceptors (Lipinski definition) is 2. The molecule has 1 aromatic carbocycles. The Balaban J connectivity index is 2.04. The van der Waals surface area contributed by atoms with Crippen molar-refractivity contribution in [1.29, 1.82) is 0 Å². The molecule has 0 saturated heterocycles. The summed E-state index contributed by atoms with van der Waals surface area (Å²) in [4.78, 5) is 11.8. The number of aliphatic hydroxyl groups is 1. The van der Waals surface area contributed by atoms with Crippen LogP contribution < -0.4 is 0 Å². The van der Waals surface area contributed by atoms with Gasteiger partial charge in [-0.05, 0) is 36.6 Å². The van der Waals surface area contributed by atoms with Gasteiger partial charge in [-0.1, -0.05) is 12.1 Å². The first-order valence-electron chi connectivity index (χ1n) is 6.23. The molecule has 0 atom stereocenters.